The zero-order chi connectivity index (χ0) is 15.7. The number of halogens is 5. The third kappa shape index (κ3) is 4.65. The Morgan fingerprint density at radius 3 is 2.40 bits per heavy atom. The molecule has 0 saturated carbocycles. The summed E-state index contributed by atoms with van der Waals surface area (Å²) in [4.78, 5) is 14.8. The third-order valence-electron chi connectivity index (χ3n) is 1.86. The van der Waals surface area contributed by atoms with Gasteiger partial charge in [0.1, 0.15) is 5.60 Å². The molecule has 1 aromatic rings. The first kappa shape index (κ1) is 17.3. The van der Waals surface area contributed by atoms with Crippen LogP contribution in [-0.2, 0) is 10.9 Å². The summed E-state index contributed by atoms with van der Waals surface area (Å²) in [5.74, 6) is 0. The molecule has 0 atom stereocenters. The minimum atomic E-state index is -4.65. The summed E-state index contributed by atoms with van der Waals surface area (Å²) in [7, 11) is 0. The van der Waals surface area contributed by atoms with Crippen molar-refractivity contribution >= 4 is 46.0 Å². The topological polar surface area (TPSA) is 51.2 Å². The Kier molecular flexibility index (Phi) is 5.12. The largest absolute Gasteiger partial charge is 0.444 e. The molecule has 0 spiro atoms. The fraction of sp³-hybridized carbons (Fsp3) is 0.455. The van der Waals surface area contributed by atoms with Crippen molar-refractivity contribution in [3.05, 3.63) is 20.5 Å². The minimum Gasteiger partial charge on any atom is -0.444 e. The number of anilines is 1. The van der Waals surface area contributed by atoms with Crippen LogP contribution in [0.2, 0.25) is 5.02 Å². The molecule has 1 amide bonds. The van der Waals surface area contributed by atoms with Gasteiger partial charge in [-0.15, -0.1) is 0 Å². The van der Waals surface area contributed by atoms with E-state index >= 15 is 0 Å². The quantitative estimate of drug-likeness (QED) is 0.667. The molecule has 1 heterocycles. The number of nitrogens with one attached hydrogen (secondary N) is 1. The fourth-order valence-electron chi connectivity index (χ4n) is 1.16. The zero-order valence-electron chi connectivity index (χ0n) is 10.7. The Bertz CT molecular complexity index is 530. The number of nitrogens with zero attached hydrogens (tertiary/aromatic N) is 1. The maximum Gasteiger partial charge on any atom is 0.434 e. The molecule has 0 unspecified atom stereocenters. The van der Waals surface area contributed by atoms with Crippen molar-refractivity contribution in [3.63, 3.8) is 0 Å². The monoisotopic (exact) mass is 422 g/mol. The average molecular weight is 423 g/mol. The van der Waals surface area contributed by atoms with Crippen LogP contribution in [0.5, 0.6) is 0 Å². The standard InChI is InChI=1S/C11H11ClF3IN2O2/c1-10(2,3)20-9(19)18-5-4-17-8(11(13,14)15)6(12)7(5)16/h4H,1-3H3,(H,18,19). The van der Waals surface area contributed by atoms with E-state index in [1.54, 1.807) is 43.4 Å². The molecule has 0 radical (unpaired) electrons. The summed E-state index contributed by atoms with van der Waals surface area (Å²) in [6.07, 6.45) is -4.56. The van der Waals surface area contributed by atoms with E-state index in [0.29, 0.717) is 0 Å². The molecule has 0 fully saturated rings. The van der Waals surface area contributed by atoms with E-state index in [1.165, 1.54) is 0 Å². The van der Waals surface area contributed by atoms with Crippen molar-refractivity contribution in [1.29, 1.82) is 0 Å². The van der Waals surface area contributed by atoms with E-state index in [2.05, 4.69) is 10.3 Å². The van der Waals surface area contributed by atoms with Crippen molar-refractivity contribution in [2.75, 3.05) is 5.32 Å². The number of carbonyl (C=O) groups excluding carboxylic acids is 1. The van der Waals surface area contributed by atoms with Crippen LogP contribution >= 0.6 is 34.2 Å². The molecule has 9 heteroatoms. The van der Waals surface area contributed by atoms with Gasteiger partial charge in [-0.2, -0.15) is 13.2 Å². The first-order chi connectivity index (χ1) is 8.92. The van der Waals surface area contributed by atoms with E-state index in [-0.39, 0.29) is 9.26 Å². The second-order valence-electron chi connectivity index (χ2n) is 4.77. The fourth-order valence-corrected chi connectivity index (χ4v) is 1.95. The van der Waals surface area contributed by atoms with Crippen LogP contribution in [-0.4, -0.2) is 16.7 Å². The SMILES string of the molecule is CC(C)(C)OC(=O)Nc1cnc(C(F)(F)F)c(Cl)c1I. The first-order valence-corrected chi connectivity index (χ1v) is 6.78. The summed E-state index contributed by atoms with van der Waals surface area (Å²) < 4.78 is 42.8. The summed E-state index contributed by atoms with van der Waals surface area (Å²) in [6.45, 7) is 4.99. The number of hydrogen-bond acceptors (Lipinski definition) is 3. The average Bonchev–Trinajstić information content (AvgIpc) is 2.20. The molecule has 1 N–H and O–H groups in total. The molecular weight excluding hydrogens is 411 g/mol. The number of amides is 1. The van der Waals surface area contributed by atoms with Crippen molar-refractivity contribution in [2.24, 2.45) is 0 Å². The highest BCUT2D eigenvalue weighted by Gasteiger charge is 2.36. The van der Waals surface area contributed by atoms with Gasteiger partial charge in [-0.25, -0.2) is 9.78 Å². The Morgan fingerprint density at radius 2 is 1.95 bits per heavy atom. The van der Waals surface area contributed by atoms with Gasteiger partial charge in [-0.3, -0.25) is 5.32 Å². The van der Waals surface area contributed by atoms with Gasteiger partial charge in [0, 0.05) is 0 Å². The highest BCUT2D eigenvalue weighted by molar-refractivity contribution is 14.1. The highest BCUT2D eigenvalue weighted by atomic mass is 127. The summed E-state index contributed by atoms with van der Waals surface area (Å²) in [6, 6.07) is 0. The molecule has 0 bridgehead atoms. The lowest BCUT2D eigenvalue weighted by Crippen LogP contribution is -2.27. The summed E-state index contributed by atoms with van der Waals surface area (Å²) in [5.41, 5.74) is -1.87. The third-order valence-corrected chi connectivity index (χ3v) is 3.67. The van der Waals surface area contributed by atoms with Gasteiger partial charge in [0.15, 0.2) is 5.69 Å². The van der Waals surface area contributed by atoms with Crippen LogP contribution in [0.25, 0.3) is 0 Å². The van der Waals surface area contributed by atoms with Gasteiger partial charge >= 0.3 is 12.3 Å². The molecule has 0 aliphatic carbocycles. The number of pyridine rings is 1. The number of alkyl halides is 3. The molecule has 0 aliphatic heterocycles. The summed E-state index contributed by atoms with van der Waals surface area (Å²) in [5, 5.41) is 1.74. The number of hydrogen-bond donors (Lipinski definition) is 1. The second-order valence-corrected chi connectivity index (χ2v) is 6.23. The predicted octanol–water partition coefficient (Wildman–Crippen LogP) is 4.71. The number of aromatic nitrogens is 1. The lowest BCUT2D eigenvalue weighted by molar-refractivity contribution is -0.141. The van der Waals surface area contributed by atoms with Crippen LogP contribution in [0.1, 0.15) is 26.5 Å². The molecule has 112 valence electrons. The predicted molar refractivity (Wildman–Crippen MR) is 76.8 cm³/mol. The second kappa shape index (κ2) is 5.92. The van der Waals surface area contributed by atoms with E-state index in [0.717, 1.165) is 6.20 Å². The van der Waals surface area contributed by atoms with Gasteiger partial charge in [0.25, 0.3) is 0 Å². The maximum absolute atomic E-state index is 12.6. The molecule has 0 saturated heterocycles. The van der Waals surface area contributed by atoms with Crippen LogP contribution in [0, 0.1) is 3.57 Å². The van der Waals surface area contributed by atoms with Crippen LogP contribution in [0.3, 0.4) is 0 Å². The summed E-state index contributed by atoms with van der Waals surface area (Å²) >= 11 is 7.22. The van der Waals surface area contributed by atoms with Gasteiger partial charge in [0.2, 0.25) is 0 Å². The smallest absolute Gasteiger partial charge is 0.434 e. The van der Waals surface area contributed by atoms with Gasteiger partial charge in [-0.05, 0) is 43.4 Å². The number of rotatable bonds is 1. The molecule has 20 heavy (non-hydrogen) atoms. The Hall–Kier alpha value is -0.770. The van der Waals surface area contributed by atoms with Crippen molar-refractivity contribution in [3.8, 4) is 0 Å². The van der Waals surface area contributed by atoms with E-state index in [9.17, 15) is 18.0 Å². The van der Waals surface area contributed by atoms with Crippen LogP contribution in [0.4, 0.5) is 23.7 Å². The lowest BCUT2D eigenvalue weighted by atomic mass is 10.2. The van der Waals surface area contributed by atoms with Crippen molar-refractivity contribution in [2.45, 2.75) is 32.5 Å². The Morgan fingerprint density at radius 1 is 1.40 bits per heavy atom. The maximum atomic E-state index is 12.6. The van der Waals surface area contributed by atoms with Gasteiger partial charge in [-0.1, -0.05) is 11.6 Å². The Balaban J connectivity index is 3.00. The minimum absolute atomic E-state index is 0.0393. The van der Waals surface area contributed by atoms with Gasteiger partial charge in [0.05, 0.1) is 20.5 Å². The molecular formula is C11H11ClF3IN2O2. The number of carbonyl (C=O) groups is 1. The Labute approximate surface area is 132 Å². The van der Waals surface area contributed by atoms with Gasteiger partial charge < -0.3 is 4.74 Å². The first-order valence-electron chi connectivity index (χ1n) is 5.33. The van der Waals surface area contributed by atoms with E-state index in [4.69, 9.17) is 16.3 Å². The molecule has 1 aromatic heterocycles. The van der Waals surface area contributed by atoms with Crippen LogP contribution < -0.4 is 5.32 Å². The van der Waals surface area contributed by atoms with Crippen LogP contribution in [0.15, 0.2) is 6.20 Å². The number of ether oxygens (including phenoxy) is 1. The molecule has 0 aliphatic rings. The zero-order valence-corrected chi connectivity index (χ0v) is 13.6. The molecule has 1 rings (SSSR count). The lowest BCUT2D eigenvalue weighted by Gasteiger charge is -2.20. The normalized spacial score (nSPS) is 12.2. The van der Waals surface area contributed by atoms with E-state index in [1.807, 2.05) is 0 Å². The molecule has 0 aromatic carbocycles. The highest BCUT2D eigenvalue weighted by Crippen LogP contribution is 2.37. The van der Waals surface area contributed by atoms with Crippen molar-refractivity contribution in [1.82, 2.24) is 4.98 Å². The van der Waals surface area contributed by atoms with E-state index < -0.39 is 28.6 Å². The van der Waals surface area contributed by atoms with Crippen molar-refractivity contribution < 1.29 is 22.7 Å². The molecule has 4 nitrogen and oxygen atoms in total.